The van der Waals surface area contributed by atoms with Gasteiger partial charge in [0.1, 0.15) is 4.88 Å². The summed E-state index contributed by atoms with van der Waals surface area (Å²) in [7, 11) is 0. The predicted octanol–water partition coefficient (Wildman–Crippen LogP) is 2.06. The van der Waals surface area contributed by atoms with Crippen LogP contribution in [0.2, 0.25) is 0 Å². The molecule has 0 aromatic carbocycles. The molecule has 104 valence electrons. The van der Waals surface area contributed by atoms with Gasteiger partial charge in [0.05, 0.1) is 11.2 Å². The van der Waals surface area contributed by atoms with Gasteiger partial charge in [0.25, 0.3) is 5.91 Å². The molecule has 1 aromatic rings. The number of thiazole rings is 1. The molecule has 2 unspecified atom stereocenters. The van der Waals surface area contributed by atoms with Gasteiger partial charge < -0.3 is 10.2 Å². The lowest BCUT2D eigenvalue weighted by molar-refractivity contribution is 0.0685. The highest BCUT2D eigenvalue weighted by atomic mass is 32.1. The summed E-state index contributed by atoms with van der Waals surface area (Å²) in [5, 5.41) is 4.52. The van der Waals surface area contributed by atoms with Crippen LogP contribution >= 0.6 is 11.3 Å². The zero-order valence-corrected chi connectivity index (χ0v) is 12.2. The van der Waals surface area contributed by atoms with Gasteiger partial charge in [-0.25, -0.2) is 4.98 Å². The molecule has 2 fully saturated rings. The molecule has 1 N–H and O–H groups in total. The van der Waals surface area contributed by atoms with Crippen LogP contribution in [0.1, 0.15) is 47.3 Å². The quantitative estimate of drug-likeness (QED) is 0.921. The Balaban J connectivity index is 1.78. The highest BCUT2D eigenvalue weighted by Crippen LogP contribution is 2.30. The number of hydrogen-bond acceptors (Lipinski definition) is 4. The van der Waals surface area contributed by atoms with Crippen LogP contribution in [-0.4, -0.2) is 41.0 Å². The summed E-state index contributed by atoms with van der Waals surface area (Å²) in [6, 6.07) is 0.820. The fourth-order valence-electron chi connectivity index (χ4n) is 3.18. The number of hydrogen-bond donors (Lipinski definition) is 1. The summed E-state index contributed by atoms with van der Waals surface area (Å²) in [6.07, 6.45) is 7.23. The van der Waals surface area contributed by atoms with Gasteiger partial charge in [0, 0.05) is 18.6 Å². The van der Waals surface area contributed by atoms with Gasteiger partial charge in [-0.15, -0.1) is 11.3 Å². The molecule has 0 spiro atoms. The zero-order chi connectivity index (χ0) is 13.2. The summed E-state index contributed by atoms with van der Waals surface area (Å²) >= 11 is 1.58. The number of rotatable bonds is 3. The van der Waals surface area contributed by atoms with E-state index in [1.807, 2.05) is 0 Å². The summed E-state index contributed by atoms with van der Waals surface area (Å²) < 4.78 is 0. The van der Waals surface area contributed by atoms with Crippen molar-refractivity contribution in [1.29, 1.82) is 0 Å². The highest BCUT2D eigenvalue weighted by Gasteiger charge is 2.38. The molecule has 3 heterocycles. The second-order valence-electron chi connectivity index (χ2n) is 5.46. The van der Waals surface area contributed by atoms with Gasteiger partial charge in [0.15, 0.2) is 0 Å². The van der Waals surface area contributed by atoms with Gasteiger partial charge in [-0.2, -0.15) is 0 Å². The average molecular weight is 279 g/mol. The molecule has 2 bridgehead atoms. The van der Waals surface area contributed by atoms with Crippen molar-refractivity contribution in [3.05, 3.63) is 16.1 Å². The van der Waals surface area contributed by atoms with E-state index in [0.717, 1.165) is 48.7 Å². The third-order valence-corrected chi connectivity index (χ3v) is 5.16. The Morgan fingerprint density at radius 1 is 1.47 bits per heavy atom. The molecule has 4 nitrogen and oxygen atoms in total. The summed E-state index contributed by atoms with van der Waals surface area (Å²) in [5.74, 6) is 0.205. The zero-order valence-electron chi connectivity index (χ0n) is 11.4. The Bertz CT molecular complexity index is 445. The maximum atomic E-state index is 12.7. The monoisotopic (exact) mass is 279 g/mol. The molecule has 1 aromatic heterocycles. The van der Waals surface area contributed by atoms with Crippen molar-refractivity contribution in [3.63, 3.8) is 0 Å². The molecule has 0 radical (unpaired) electrons. The lowest BCUT2D eigenvalue weighted by Crippen LogP contribution is -2.42. The van der Waals surface area contributed by atoms with Crippen molar-refractivity contribution in [3.8, 4) is 0 Å². The molecular formula is C14H21N3OS. The highest BCUT2D eigenvalue weighted by molar-refractivity contribution is 7.13. The Morgan fingerprint density at radius 3 is 3.16 bits per heavy atom. The van der Waals surface area contributed by atoms with Crippen LogP contribution in [0.25, 0.3) is 0 Å². The number of carbonyl (C=O) groups excluding carboxylic acids is 1. The minimum atomic E-state index is 0.205. The number of nitrogens with zero attached hydrogens (tertiary/aromatic N) is 2. The number of fused-ring (bicyclic) bond motifs is 2. The van der Waals surface area contributed by atoms with Gasteiger partial charge >= 0.3 is 0 Å². The van der Waals surface area contributed by atoms with Gasteiger partial charge in [-0.3, -0.25) is 4.79 Å². The van der Waals surface area contributed by atoms with Gasteiger partial charge in [-0.1, -0.05) is 6.92 Å². The minimum absolute atomic E-state index is 0.205. The van der Waals surface area contributed by atoms with Crippen LogP contribution in [0.3, 0.4) is 0 Å². The number of carbonyl (C=O) groups is 1. The maximum absolute atomic E-state index is 12.7. The number of amides is 1. The van der Waals surface area contributed by atoms with Crippen LogP contribution in [0, 0.1) is 0 Å². The second-order valence-corrected chi connectivity index (χ2v) is 6.57. The predicted molar refractivity (Wildman–Crippen MR) is 76.6 cm³/mol. The van der Waals surface area contributed by atoms with E-state index in [0.29, 0.717) is 12.1 Å². The Hall–Kier alpha value is -0.940. The number of nitrogens with one attached hydrogen (secondary N) is 1. The third-order valence-electron chi connectivity index (χ3n) is 4.12. The SMILES string of the molecule is CCCc1ncc(C(=O)N2C3CCNCC2CC3)s1. The van der Waals surface area contributed by atoms with E-state index in [1.54, 1.807) is 17.5 Å². The fourth-order valence-corrected chi connectivity index (χ4v) is 4.14. The molecular weight excluding hydrogens is 258 g/mol. The number of aromatic nitrogens is 1. The smallest absolute Gasteiger partial charge is 0.266 e. The lowest BCUT2D eigenvalue weighted by Gasteiger charge is -2.27. The molecule has 0 aliphatic carbocycles. The van der Waals surface area contributed by atoms with Gasteiger partial charge in [0.2, 0.25) is 0 Å². The van der Waals surface area contributed by atoms with Crippen LogP contribution in [0.5, 0.6) is 0 Å². The van der Waals surface area contributed by atoms with Crippen molar-refractivity contribution in [2.24, 2.45) is 0 Å². The summed E-state index contributed by atoms with van der Waals surface area (Å²) in [5.41, 5.74) is 0. The third kappa shape index (κ3) is 2.54. The molecule has 19 heavy (non-hydrogen) atoms. The second kappa shape index (κ2) is 5.59. The van der Waals surface area contributed by atoms with E-state index in [1.165, 1.54) is 6.42 Å². The Kier molecular flexibility index (Phi) is 3.84. The summed E-state index contributed by atoms with van der Waals surface area (Å²) in [4.78, 5) is 20.0. The molecule has 2 atom stereocenters. The largest absolute Gasteiger partial charge is 0.331 e. The molecule has 0 saturated carbocycles. The van der Waals surface area contributed by atoms with Crippen LogP contribution in [0.4, 0.5) is 0 Å². The minimum Gasteiger partial charge on any atom is -0.331 e. The Morgan fingerprint density at radius 2 is 2.32 bits per heavy atom. The van der Waals surface area contributed by atoms with Crippen molar-refractivity contribution in [2.45, 2.75) is 51.1 Å². The van der Waals surface area contributed by atoms with Crippen molar-refractivity contribution in [1.82, 2.24) is 15.2 Å². The molecule has 1 amide bonds. The van der Waals surface area contributed by atoms with Crippen LogP contribution < -0.4 is 5.32 Å². The first-order chi connectivity index (χ1) is 9.29. The average Bonchev–Trinajstić information content (AvgIpc) is 2.93. The van der Waals surface area contributed by atoms with E-state index in [9.17, 15) is 4.79 Å². The first kappa shape index (κ1) is 13.1. The standard InChI is InChI=1S/C14H21N3OS/c1-2-3-13-16-9-12(19-13)14(18)17-10-4-5-11(17)8-15-7-6-10/h9-11,15H,2-8H2,1H3. The lowest BCUT2D eigenvalue weighted by atomic mass is 10.1. The van der Waals surface area contributed by atoms with E-state index < -0.39 is 0 Å². The van der Waals surface area contributed by atoms with Crippen LogP contribution in [0.15, 0.2) is 6.20 Å². The van der Waals surface area contributed by atoms with Crippen molar-refractivity contribution >= 4 is 17.2 Å². The van der Waals surface area contributed by atoms with Crippen molar-refractivity contribution < 1.29 is 4.79 Å². The molecule has 2 saturated heterocycles. The molecule has 2 aliphatic heterocycles. The van der Waals surface area contributed by atoms with E-state index in [2.05, 4.69) is 22.1 Å². The van der Waals surface area contributed by atoms with Gasteiger partial charge in [-0.05, 0) is 38.6 Å². The topological polar surface area (TPSA) is 45.2 Å². The molecule has 3 rings (SSSR count). The normalized spacial score (nSPS) is 26.5. The van der Waals surface area contributed by atoms with E-state index >= 15 is 0 Å². The fraction of sp³-hybridized carbons (Fsp3) is 0.714. The maximum Gasteiger partial charge on any atom is 0.266 e. The van der Waals surface area contributed by atoms with Crippen molar-refractivity contribution in [2.75, 3.05) is 13.1 Å². The number of aryl methyl sites for hydroxylation is 1. The Labute approximate surface area is 118 Å². The first-order valence-electron chi connectivity index (χ1n) is 7.27. The molecule has 5 heteroatoms. The summed E-state index contributed by atoms with van der Waals surface area (Å²) in [6.45, 7) is 4.13. The van der Waals surface area contributed by atoms with E-state index in [4.69, 9.17) is 0 Å². The molecule has 2 aliphatic rings. The van der Waals surface area contributed by atoms with E-state index in [-0.39, 0.29) is 5.91 Å². The first-order valence-corrected chi connectivity index (χ1v) is 8.09. The van der Waals surface area contributed by atoms with Crippen LogP contribution in [-0.2, 0) is 6.42 Å².